The van der Waals surface area contributed by atoms with E-state index >= 15 is 0 Å². The number of aromatic nitrogens is 2. The van der Waals surface area contributed by atoms with E-state index in [1.165, 1.54) is 37.7 Å². The molecule has 1 unspecified atom stereocenters. The fraction of sp³-hybridized carbons (Fsp3) is 0.281. The molecule has 0 bridgehead atoms. The van der Waals surface area contributed by atoms with Crippen molar-refractivity contribution in [2.75, 3.05) is 30.8 Å². The van der Waals surface area contributed by atoms with Gasteiger partial charge < -0.3 is 30.7 Å². The number of benzene rings is 3. The SMILES string of the molecule is COc1cc2ncnc(Oc3ccc(NC(=O)C4(C(=O)Nc5ccc(F)cc5)CC4)cc3)c2cc1C(=O)NCC1CCCN1. The van der Waals surface area contributed by atoms with Gasteiger partial charge in [0.25, 0.3) is 5.91 Å². The molecular weight excluding hydrogens is 567 g/mol. The van der Waals surface area contributed by atoms with Crippen molar-refractivity contribution in [1.29, 1.82) is 0 Å². The molecule has 1 saturated carbocycles. The molecule has 11 nitrogen and oxygen atoms in total. The van der Waals surface area contributed by atoms with E-state index in [-0.39, 0.29) is 17.8 Å². The van der Waals surface area contributed by atoms with E-state index < -0.39 is 23.0 Å². The molecule has 1 saturated heterocycles. The first-order chi connectivity index (χ1) is 21.3. The lowest BCUT2D eigenvalue weighted by atomic mass is 10.0. The van der Waals surface area contributed by atoms with Crippen molar-refractivity contribution in [2.45, 2.75) is 31.7 Å². The number of methoxy groups -OCH3 is 1. The summed E-state index contributed by atoms with van der Waals surface area (Å²) >= 11 is 0. The summed E-state index contributed by atoms with van der Waals surface area (Å²) in [5, 5.41) is 12.4. The van der Waals surface area contributed by atoms with Gasteiger partial charge in [0.1, 0.15) is 29.1 Å². The number of carbonyl (C=O) groups is 3. The number of fused-ring (bicyclic) bond motifs is 1. The first-order valence-corrected chi connectivity index (χ1v) is 14.4. The third kappa shape index (κ3) is 6.16. The maximum Gasteiger partial charge on any atom is 0.255 e. The average molecular weight is 599 g/mol. The molecular formula is C32H31FN6O5. The molecule has 2 heterocycles. The van der Waals surface area contributed by atoms with Crippen LogP contribution in [0, 0.1) is 11.2 Å². The lowest BCUT2D eigenvalue weighted by Crippen LogP contribution is -2.37. The molecule has 4 N–H and O–H groups in total. The van der Waals surface area contributed by atoms with Crippen LogP contribution in [0.25, 0.3) is 10.9 Å². The maximum absolute atomic E-state index is 13.2. The number of anilines is 2. The lowest BCUT2D eigenvalue weighted by Gasteiger charge is -2.16. The molecule has 0 radical (unpaired) electrons. The van der Waals surface area contributed by atoms with Gasteiger partial charge >= 0.3 is 0 Å². The Morgan fingerprint density at radius 1 is 0.977 bits per heavy atom. The van der Waals surface area contributed by atoms with Crippen LogP contribution in [0.3, 0.4) is 0 Å². The van der Waals surface area contributed by atoms with E-state index in [4.69, 9.17) is 9.47 Å². The second kappa shape index (κ2) is 12.3. The largest absolute Gasteiger partial charge is 0.496 e. The fourth-order valence-electron chi connectivity index (χ4n) is 5.16. The third-order valence-electron chi connectivity index (χ3n) is 7.88. The molecule has 12 heteroatoms. The van der Waals surface area contributed by atoms with Crippen molar-refractivity contribution in [3.63, 3.8) is 0 Å². The predicted octanol–water partition coefficient (Wildman–Crippen LogP) is 4.41. The maximum atomic E-state index is 13.2. The van der Waals surface area contributed by atoms with Crippen molar-refractivity contribution >= 4 is 40.0 Å². The van der Waals surface area contributed by atoms with E-state index in [9.17, 15) is 18.8 Å². The molecule has 2 aliphatic rings. The molecule has 1 aliphatic carbocycles. The molecule has 226 valence electrons. The van der Waals surface area contributed by atoms with E-state index in [0.29, 0.717) is 58.7 Å². The third-order valence-corrected chi connectivity index (χ3v) is 7.88. The van der Waals surface area contributed by atoms with Crippen molar-refractivity contribution in [1.82, 2.24) is 20.6 Å². The minimum Gasteiger partial charge on any atom is -0.496 e. The zero-order chi connectivity index (χ0) is 30.7. The van der Waals surface area contributed by atoms with Crippen LogP contribution >= 0.6 is 0 Å². The quantitative estimate of drug-likeness (QED) is 0.197. The van der Waals surface area contributed by atoms with Gasteiger partial charge in [-0.25, -0.2) is 14.4 Å². The number of nitrogens with zero attached hydrogens (tertiary/aromatic N) is 2. The Morgan fingerprint density at radius 2 is 1.66 bits per heavy atom. The predicted molar refractivity (Wildman–Crippen MR) is 161 cm³/mol. The monoisotopic (exact) mass is 598 g/mol. The highest BCUT2D eigenvalue weighted by Gasteiger charge is 2.56. The summed E-state index contributed by atoms with van der Waals surface area (Å²) in [6.45, 7) is 1.46. The highest BCUT2D eigenvalue weighted by molar-refractivity contribution is 6.17. The number of hydrogen-bond donors (Lipinski definition) is 4. The van der Waals surface area contributed by atoms with Gasteiger partial charge in [0, 0.05) is 30.0 Å². The first kappa shape index (κ1) is 29.0. The van der Waals surface area contributed by atoms with E-state index in [0.717, 1.165) is 19.4 Å². The van der Waals surface area contributed by atoms with Gasteiger partial charge in [-0.15, -0.1) is 0 Å². The molecule has 3 amide bonds. The number of halogens is 1. The van der Waals surface area contributed by atoms with Gasteiger partial charge in [0.15, 0.2) is 0 Å². The van der Waals surface area contributed by atoms with Crippen molar-refractivity contribution in [3.05, 3.63) is 78.4 Å². The Kier molecular flexibility index (Phi) is 8.07. The Morgan fingerprint density at radius 3 is 2.27 bits per heavy atom. The van der Waals surface area contributed by atoms with Gasteiger partial charge in [0.05, 0.1) is 23.6 Å². The summed E-state index contributed by atoms with van der Waals surface area (Å²) in [5.41, 5.74) is 0.604. The summed E-state index contributed by atoms with van der Waals surface area (Å²) in [6.07, 6.45) is 4.29. The molecule has 6 rings (SSSR count). The molecule has 1 aromatic heterocycles. The highest BCUT2D eigenvalue weighted by Crippen LogP contribution is 2.47. The summed E-state index contributed by atoms with van der Waals surface area (Å²) in [5.74, 6) is -0.468. The van der Waals surface area contributed by atoms with Crippen LogP contribution in [0.15, 0.2) is 67.0 Å². The number of carbonyl (C=O) groups excluding carboxylic acids is 3. The van der Waals surface area contributed by atoms with E-state index in [1.807, 2.05) is 0 Å². The van der Waals surface area contributed by atoms with Crippen LogP contribution in [0.4, 0.5) is 15.8 Å². The minimum atomic E-state index is -1.18. The molecule has 3 aromatic carbocycles. The standard InChI is InChI=1S/C32H31FN6O5/c1-43-27-16-26-24(15-25(27)28(40)35-17-22-3-2-14-34-22)29(37-18-36-26)44-23-10-8-21(9-11-23)39-31(42)32(12-13-32)30(41)38-20-6-4-19(33)5-7-20/h4-11,15-16,18,22,34H,2-3,12-14,17H2,1H3,(H,35,40)(H,38,41)(H,39,42). The van der Waals surface area contributed by atoms with Crippen LogP contribution in [0.5, 0.6) is 17.4 Å². The molecule has 4 aromatic rings. The molecule has 1 aliphatic heterocycles. The second-order valence-electron chi connectivity index (χ2n) is 10.9. The minimum absolute atomic E-state index is 0.244. The van der Waals surface area contributed by atoms with E-state index in [1.54, 1.807) is 36.4 Å². The first-order valence-electron chi connectivity index (χ1n) is 14.4. The summed E-state index contributed by atoms with van der Waals surface area (Å²) in [7, 11) is 1.50. The van der Waals surface area contributed by atoms with Crippen molar-refractivity contribution in [2.24, 2.45) is 5.41 Å². The van der Waals surface area contributed by atoms with E-state index in [2.05, 4.69) is 31.2 Å². The molecule has 0 spiro atoms. The number of rotatable bonds is 10. The summed E-state index contributed by atoms with van der Waals surface area (Å²) in [6, 6.07) is 15.6. The Balaban J connectivity index is 1.13. The zero-order valence-electron chi connectivity index (χ0n) is 24.0. The Bertz CT molecular complexity index is 1700. The van der Waals surface area contributed by atoms with Crippen LogP contribution in [0.2, 0.25) is 0 Å². The van der Waals surface area contributed by atoms with Gasteiger partial charge in [-0.1, -0.05) is 0 Å². The zero-order valence-corrected chi connectivity index (χ0v) is 24.0. The summed E-state index contributed by atoms with van der Waals surface area (Å²) < 4.78 is 24.7. The molecule has 1 atom stereocenters. The number of hydrogen-bond acceptors (Lipinski definition) is 8. The average Bonchev–Trinajstić information content (AvgIpc) is 3.70. The van der Waals surface area contributed by atoms with Crippen molar-refractivity contribution in [3.8, 4) is 17.4 Å². The van der Waals surface area contributed by atoms with Gasteiger partial charge in [-0.2, -0.15) is 0 Å². The second-order valence-corrected chi connectivity index (χ2v) is 10.9. The fourth-order valence-corrected chi connectivity index (χ4v) is 5.16. The van der Waals surface area contributed by atoms with Crippen LogP contribution in [-0.4, -0.2) is 53.9 Å². The normalized spacial score (nSPS) is 16.6. The lowest BCUT2D eigenvalue weighted by molar-refractivity contribution is -0.131. The van der Waals surface area contributed by atoms with Crippen LogP contribution in [0.1, 0.15) is 36.0 Å². The van der Waals surface area contributed by atoms with Gasteiger partial charge in [0.2, 0.25) is 17.7 Å². The topological polar surface area (TPSA) is 144 Å². The smallest absolute Gasteiger partial charge is 0.255 e. The van der Waals surface area contributed by atoms with Gasteiger partial charge in [-0.3, -0.25) is 14.4 Å². The van der Waals surface area contributed by atoms with Crippen LogP contribution in [-0.2, 0) is 9.59 Å². The Labute approximate surface area is 252 Å². The highest BCUT2D eigenvalue weighted by atomic mass is 19.1. The molecule has 44 heavy (non-hydrogen) atoms. The number of nitrogens with one attached hydrogen (secondary N) is 4. The Hall–Kier alpha value is -5.10. The summed E-state index contributed by atoms with van der Waals surface area (Å²) in [4.78, 5) is 47.6. The van der Waals surface area contributed by atoms with Gasteiger partial charge in [-0.05, 0) is 86.8 Å². The number of amides is 3. The number of ether oxygens (including phenoxy) is 2. The van der Waals surface area contributed by atoms with Crippen LogP contribution < -0.4 is 30.7 Å². The molecule has 2 fully saturated rings. The van der Waals surface area contributed by atoms with Crippen molar-refractivity contribution < 1.29 is 28.2 Å².